The van der Waals surface area contributed by atoms with E-state index in [0.29, 0.717) is 22.1 Å². The van der Waals surface area contributed by atoms with Crippen LogP contribution >= 0.6 is 0 Å². The zero-order valence-corrected chi connectivity index (χ0v) is 15.0. The summed E-state index contributed by atoms with van der Waals surface area (Å²) in [6.45, 7) is 11.6. The molecule has 0 aliphatic rings. The lowest BCUT2D eigenvalue weighted by atomic mass is 10.1. The summed E-state index contributed by atoms with van der Waals surface area (Å²) in [5, 5.41) is 0. The number of nitrogen functional groups attached to an aromatic ring is 1. The Bertz CT molecular complexity index is 595. The van der Waals surface area contributed by atoms with Crippen molar-refractivity contribution < 1.29 is 8.42 Å². The Morgan fingerprint density at radius 2 is 1.67 bits per heavy atom. The van der Waals surface area contributed by atoms with Gasteiger partial charge in [0, 0.05) is 18.8 Å². The van der Waals surface area contributed by atoms with Crippen molar-refractivity contribution in [2.24, 2.45) is 5.92 Å². The maximum atomic E-state index is 13.0. The first-order valence-corrected chi connectivity index (χ1v) is 8.78. The topological polar surface area (TPSA) is 63.4 Å². The first-order chi connectivity index (χ1) is 9.50. The van der Waals surface area contributed by atoms with Crippen LogP contribution in [0.3, 0.4) is 0 Å². The van der Waals surface area contributed by atoms with Crippen LogP contribution in [0.25, 0.3) is 0 Å². The summed E-state index contributed by atoms with van der Waals surface area (Å²) in [5.74, 6) is 0.447. The highest BCUT2D eigenvalue weighted by molar-refractivity contribution is 7.89. The number of sulfonamides is 1. The van der Waals surface area contributed by atoms with Gasteiger partial charge in [-0.3, -0.25) is 0 Å². The SMILES string of the molecule is Cc1cc(N)c(C)c(S(=O)(=O)N(C)C(C)CC(C)C)c1C. The van der Waals surface area contributed by atoms with Gasteiger partial charge >= 0.3 is 0 Å². The molecule has 0 saturated carbocycles. The van der Waals surface area contributed by atoms with E-state index < -0.39 is 10.0 Å². The maximum Gasteiger partial charge on any atom is 0.243 e. The van der Waals surface area contributed by atoms with Crippen LogP contribution in [0.1, 0.15) is 43.9 Å². The molecule has 120 valence electrons. The van der Waals surface area contributed by atoms with Crippen molar-refractivity contribution in [3.63, 3.8) is 0 Å². The minimum Gasteiger partial charge on any atom is -0.398 e. The van der Waals surface area contributed by atoms with Crippen LogP contribution in [-0.4, -0.2) is 25.8 Å². The summed E-state index contributed by atoms with van der Waals surface area (Å²) < 4.78 is 27.4. The summed E-state index contributed by atoms with van der Waals surface area (Å²) in [6.07, 6.45) is 0.828. The van der Waals surface area contributed by atoms with Gasteiger partial charge in [-0.05, 0) is 62.8 Å². The third-order valence-corrected chi connectivity index (χ3v) is 6.39. The fraction of sp³-hybridized carbons (Fsp3) is 0.625. The summed E-state index contributed by atoms with van der Waals surface area (Å²) in [4.78, 5) is 0.359. The lowest BCUT2D eigenvalue weighted by molar-refractivity contribution is 0.337. The van der Waals surface area contributed by atoms with E-state index in [1.165, 1.54) is 4.31 Å². The second-order valence-electron chi connectivity index (χ2n) is 6.36. The summed E-state index contributed by atoms with van der Waals surface area (Å²) >= 11 is 0. The van der Waals surface area contributed by atoms with Crippen molar-refractivity contribution in [1.82, 2.24) is 4.31 Å². The molecule has 0 aliphatic heterocycles. The van der Waals surface area contributed by atoms with Gasteiger partial charge in [0.2, 0.25) is 10.0 Å². The van der Waals surface area contributed by atoms with Crippen LogP contribution in [0.4, 0.5) is 5.69 Å². The van der Waals surface area contributed by atoms with Crippen LogP contribution < -0.4 is 5.73 Å². The fourth-order valence-electron chi connectivity index (χ4n) is 2.64. The molecule has 2 N–H and O–H groups in total. The summed E-state index contributed by atoms with van der Waals surface area (Å²) in [7, 11) is -1.88. The van der Waals surface area contributed by atoms with Crippen molar-refractivity contribution >= 4 is 15.7 Å². The lowest BCUT2D eigenvalue weighted by Crippen LogP contribution is -2.36. The zero-order chi connectivity index (χ0) is 16.5. The summed E-state index contributed by atoms with van der Waals surface area (Å²) in [5.41, 5.74) is 8.82. The number of anilines is 1. The Labute approximate surface area is 129 Å². The van der Waals surface area contributed by atoms with Crippen molar-refractivity contribution in [1.29, 1.82) is 0 Å². The van der Waals surface area contributed by atoms with Crippen LogP contribution in [0, 0.1) is 26.7 Å². The molecule has 5 heteroatoms. The molecule has 0 bridgehead atoms. The number of rotatable bonds is 5. The van der Waals surface area contributed by atoms with Crippen LogP contribution in [0.15, 0.2) is 11.0 Å². The quantitative estimate of drug-likeness (QED) is 0.849. The Morgan fingerprint density at radius 1 is 1.14 bits per heavy atom. The van der Waals surface area contributed by atoms with Gasteiger partial charge in [0.15, 0.2) is 0 Å². The van der Waals surface area contributed by atoms with Crippen LogP contribution in [0.5, 0.6) is 0 Å². The van der Waals surface area contributed by atoms with Gasteiger partial charge < -0.3 is 5.73 Å². The molecule has 0 spiro atoms. The average molecular weight is 312 g/mol. The number of hydrogen-bond acceptors (Lipinski definition) is 3. The number of benzene rings is 1. The third-order valence-electron chi connectivity index (χ3n) is 4.15. The van der Waals surface area contributed by atoms with Gasteiger partial charge in [0.1, 0.15) is 0 Å². The van der Waals surface area contributed by atoms with E-state index in [1.54, 1.807) is 14.0 Å². The molecule has 4 nitrogen and oxygen atoms in total. The molecule has 1 unspecified atom stereocenters. The highest BCUT2D eigenvalue weighted by atomic mass is 32.2. The smallest absolute Gasteiger partial charge is 0.243 e. The fourth-order valence-corrected chi connectivity index (χ4v) is 4.54. The number of nitrogens with zero attached hydrogens (tertiary/aromatic N) is 1. The van der Waals surface area contributed by atoms with Crippen molar-refractivity contribution in [2.45, 2.75) is 58.9 Å². The van der Waals surface area contributed by atoms with E-state index in [4.69, 9.17) is 5.73 Å². The summed E-state index contributed by atoms with van der Waals surface area (Å²) in [6, 6.07) is 1.79. The number of hydrogen-bond donors (Lipinski definition) is 1. The van der Waals surface area contributed by atoms with Crippen molar-refractivity contribution in [2.75, 3.05) is 12.8 Å². The Kier molecular flexibility index (Phi) is 5.45. The predicted molar refractivity (Wildman–Crippen MR) is 88.9 cm³/mol. The zero-order valence-electron chi connectivity index (χ0n) is 14.2. The molecular formula is C16H28N2O2S. The van der Waals surface area contributed by atoms with Gasteiger partial charge in [-0.2, -0.15) is 4.31 Å². The average Bonchev–Trinajstić information content (AvgIpc) is 2.34. The Hall–Kier alpha value is -1.07. The second-order valence-corrected chi connectivity index (χ2v) is 8.30. The van der Waals surface area contributed by atoms with E-state index in [-0.39, 0.29) is 6.04 Å². The van der Waals surface area contributed by atoms with Gasteiger partial charge in [0.05, 0.1) is 4.90 Å². The van der Waals surface area contributed by atoms with Crippen molar-refractivity contribution in [3.05, 3.63) is 22.8 Å². The third kappa shape index (κ3) is 3.58. The lowest BCUT2D eigenvalue weighted by Gasteiger charge is -2.27. The number of aryl methyl sites for hydroxylation is 1. The molecule has 1 rings (SSSR count). The van der Waals surface area contributed by atoms with Gasteiger partial charge in [0.25, 0.3) is 0 Å². The normalized spacial score (nSPS) is 14.0. The van der Waals surface area contributed by atoms with E-state index >= 15 is 0 Å². The largest absolute Gasteiger partial charge is 0.398 e. The van der Waals surface area contributed by atoms with Gasteiger partial charge in [-0.25, -0.2) is 8.42 Å². The molecule has 0 saturated heterocycles. The molecule has 0 amide bonds. The highest BCUT2D eigenvalue weighted by Crippen LogP contribution is 2.31. The molecule has 1 aromatic rings. The molecule has 1 atom stereocenters. The van der Waals surface area contributed by atoms with E-state index in [1.807, 2.05) is 26.8 Å². The Balaban J connectivity index is 3.38. The maximum absolute atomic E-state index is 13.0. The van der Waals surface area contributed by atoms with E-state index in [2.05, 4.69) is 13.8 Å². The second kappa shape index (κ2) is 6.36. The molecular weight excluding hydrogens is 284 g/mol. The minimum atomic E-state index is -3.54. The van der Waals surface area contributed by atoms with Crippen LogP contribution in [0.2, 0.25) is 0 Å². The molecule has 1 aromatic carbocycles. The Morgan fingerprint density at radius 3 is 2.14 bits per heavy atom. The molecule has 0 radical (unpaired) electrons. The standard InChI is InChI=1S/C16H28N2O2S/c1-10(2)8-12(4)18(7)21(19,20)16-13(5)11(3)9-15(17)14(16)6/h9-10,12H,8,17H2,1-7H3. The van der Waals surface area contributed by atoms with Crippen molar-refractivity contribution in [3.8, 4) is 0 Å². The van der Waals surface area contributed by atoms with E-state index in [0.717, 1.165) is 17.5 Å². The van der Waals surface area contributed by atoms with Crippen LogP contribution in [-0.2, 0) is 10.0 Å². The molecule has 0 aromatic heterocycles. The minimum absolute atomic E-state index is 0.0458. The monoisotopic (exact) mass is 312 g/mol. The van der Waals surface area contributed by atoms with Gasteiger partial charge in [-0.15, -0.1) is 0 Å². The molecule has 0 fully saturated rings. The predicted octanol–water partition coefficient (Wildman–Crippen LogP) is 3.25. The number of nitrogens with two attached hydrogens (primary N) is 1. The first-order valence-electron chi connectivity index (χ1n) is 7.34. The van der Waals surface area contributed by atoms with E-state index in [9.17, 15) is 8.42 Å². The highest BCUT2D eigenvalue weighted by Gasteiger charge is 2.30. The molecule has 0 aliphatic carbocycles. The first kappa shape index (κ1) is 18.0. The molecule has 0 heterocycles. The molecule has 21 heavy (non-hydrogen) atoms. The van der Waals surface area contributed by atoms with Gasteiger partial charge in [-0.1, -0.05) is 13.8 Å².